The minimum atomic E-state index is -1.04. The van der Waals surface area contributed by atoms with Crippen LogP contribution < -0.4 is 11.5 Å². The molecule has 0 saturated carbocycles. The summed E-state index contributed by atoms with van der Waals surface area (Å²) in [6.45, 7) is 0. The number of carbonyl (C=O) groups excluding carboxylic acids is 1. The van der Waals surface area contributed by atoms with E-state index >= 15 is 0 Å². The van der Waals surface area contributed by atoms with Crippen molar-refractivity contribution in [2.45, 2.75) is 69.6 Å². The Labute approximate surface area is 125 Å². The van der Waals surface area contributed by atoms with E-state index < -0.39 is 24.0 Å². The number of carboxylic acid groups (broad SMARTS) is 1. The fourth-order valence-electron chi connectivity index (χ4n) is 2.26. The van der Waals surface area contributed by atoms with E-state index in [0.29, 0.717) is 19.3 Å². The van der Waals surface area contributed by atoms with Crippen LogP contribution in [0.25, 0.3) is 0 Å². The van der Waals surface area contributed by atoms with Crippen molar-refractivity contribution >= 4 is 11.9 Å². The van der Waals surface area contributed by atoms with Gasteiger partial charge in [-0.05, 0) is 51.0 Å². The van der Waals surface area contributed by atoms with Crippen molar-refractivity contribution in [1.82, 2.24) is 0 Å². The molecule has 6 heteroatoms. The van der Waals surface area contributed by atoms with Crippen molar-refractivity contribution < 1.29 is 19.4 Å². The van der Waals surface area contributed by atoms with Crippen LogP contribution in [0.5, 0.6) is 0 Å². The van der Waals surface area contributed by atoms with Crippen molar-refractivity contribution in [3.63, 3.8) is 0 Å². The number of allylic oxidation sites excluding steroid dienone is 1. The van der Waals surface area contributed by atoms with E-state index in [1.54, 1.807) is 0 Å². The molecule has 0 aliphatic heterocycles. The number of ether oxygens (including phenoxy) is 1. The zero-order valence-electron chi connectivity index (χ0n) is 12.4. The number of hydrogen-bond donors (Lipinski definition) is 3. The number of nitrogens with two attached hydrogens (primary N) is 2. The molecule has 21 heavy (non-hydrogen) atoms. The summed E-state index contributed by atoms with van der Waals surface area (Å²) >= 11 is 0. The number of rotatable bonds is 7. The molecule has 0 radical (unpaired) electrons. The van der Waals surface area contributed by atoms with Crippen molar-refractivity contribution in [1.29, 1.82) is 0 Å². The van der Waals surface area contributed by atoms with Gasteiger partial charge in [-0.1, -0.05) is 12.5 Å². The summed E-state index contributed by atoms with van der Waals surface area (Å²) in [7, 11) is 0. The quantitative estimate of drug-likeness (QED) is 0.482. The number of carboxylic acids is 1. The molecule has 0 aromatic heterocycles. The van der Waals surface area contributed by atoms with Gasteiger partial charge in [0.1, 0.15) is 18.2 Å². The van der Waals surface area contributed by atoms with Crippen LogP contribution in [-0.4, -0.2) is 35.2 Å². The number of esters is 1. The topological polar surface area (TPSA) is 116 Å². The molecule has 5 N–H and O–H groups in total. The maximum absolute atomic E-state index is 11.9. The van der Waals surface area contributed by atoms with Crippen LogP contribution in [0.15, 0.2) is 12.2 Å². The van der Waals surface area contributed by atoms with Crippen LogP contribution in [0.1, 0.15) is 51.4 Å². The Balaban J connectivity index is 2.29. The summed E-state index contributed by atoms with van der Waals surface area (Å²) in [5.74, 6) is -1.46. The van der Waals surface area contributed by atoms with Gasteiger partial charge < -0.3 is 21.3 Å². The van der Waals surface area contributed by atoms with E-state index in [1.165, 1.54) is 6.42 Å². The molecule has 0 saturated heterocycles. The highest BCUT2D eigenvalue weighted by molar-refractivity contribution is 5.75. The molecular formula is C15H26N2O4. The summed E-state index contributed by atoms with van der Waals surface area (Å²) in [5, 5.41) is 8.67. The number of hydrogen-bond acceptors (Lipinski definition) is 5. The second-order valence-electron chi connectivity index (χ2n) is 5.52. The van der Waals surface area contributed by atoms with Gasteiger partial charge in [0.25, 0.3) is 0 Å². The SMILES string of the molecule is NC(CCCC(N)C(=O)OC1/C=C/CCCCC1)C(=O)O. The minimum Gasteiger partial charge on any atom is -0.480 e. The lowest BCUT2D eigenvalue weighted by Crippen LogP contribution is -2.35. The first kappa shape index (κ1) is 17.7. The van der Waals surface area contributed by atoms with Crippen molar-refractivity contribution in [3.05, 3.63) is 12.2 Å². The fourth-order valence-corrected chi connectivity index (χ4v) is 2.26. The predicted molar refractivity (Wildman–Crippen MR) is 79.5 cm³/mol. The summed E-state index contributed by atoms with van der Waals surface area (Å²) in [6.07, 6.45) is 10.2. The molecule has 6 nitrogen and oxygen atoms in total. The maximum Gasteiger partial charge on any atom is 0.323 e. The molecule has 1 aliphatic rings. The van der Waals surface area contributed by atoms with E-state index in [0.717, 1.165) is 25.7 Å². The van der Waals surface area contributed by atoms with Gasteiger partial charge in [-0.15, -0.1) is 0 Å². The lowest BCUT2D eigenvalue weighted by Gasteiger charge is -2.19. The molecule has 0 bridgehead atoms. The zero-order chi connectivity index (χ0) is 15.7. The van der Waals surface area contributed by atoms with E-state index in [4.69, 9.17) is 21.3 Å². The standard InChI is InChI=1S/C15H26N2O4/c16-12(14(18)19)9-6-10-13(17)15(20)21-11-7-4-2-1-3-5-8-11/h4,7,11-13H,1-3,5-6,8-10,16-17H2,(H,18,19)/b7-4+. The van der Waals surface area contributed by atoms with Crippen molar-refractivity contribution in [2.24, 2.45) is 11.5 Å². The van der Waals surface area contributed by atoms with Crippen LogP contribution in [0, 0.1) is 0 Å². The zero-order valence-corrected chi connectivity index (χ0v) is 12.4. The molecule has 0 amide bonds. The van der Waals surface area contributed by atoms with E-state index in [1.807, 2.05) is 6.08 Å². The smallest absolute Gasteiger partial charge is 0.323 e. The minimum absolute atomic E-state index is 0.190. The van der Waals surface area contributed by atoms with Crippen molar-refractivity contribution in [3.8, 4) is 0 Å². The van der Waals surface area contributed by atoms with Gasteiger partial charge in [-0.3, -0.25) is 9.59 Å². The molecule has 0 spiro atoms. The molecule has 3 unspecified atom stereocenters. The van der Waals surface area contributed by atoms with Gasteiger partial charge in [-0.25, -0.2) is 0 Å². The van der Waals surface area contributed by atoms with Gasteiger partial charge in [0.05, 0.1) is 0 Å². The highest BCUT2D eigenvalue weighted by Gasteiger charge is 2.20. The fraction of sp³-hybridized carbons (Fsp3) is 0.733. The third-order valence-electron chi connectivity index (χ3n) is 3.63. The second kappa shape index (κ2) is 9.52. The van der Waals surface area contributed by atoms with Crippen LogP contribution in [0.4, 0.5) is 0 Å². The van der Waals surface area contributed by atoms with Gasteiger partial charge in [-0.2, -0.15) is 0 Å². The number of aliphatic carboxylic acids is 1. The van der Waals surface area contributed by atoms with E-state index in [9.17, 15) is 9.59 Å². The molecule has 1 aliphatic carbocycles. The lowest BCUT2D eigenvalue weighted by atomic mass is 10.0. The van der Waals surface area contributed by atoms with Gasteiger partial charge in [0.2, 0.25) is 0 Å². The second-order valence-corrected chi connectivity index (χ2v) is 5.52. The summed E-state index contributed by atoms with van der Waals surface area (Å²) in [6, 6.07) is -1.62. The Morgan fingerprint density at radius 2 is 1.90 bits per heavy atom. The Morgan fingerprint density at radius 3 is 2.62 bits per heavy atom. The average Bonchev–Trinajstić information content (AvgIpc) is 2.41. The maximum atomic E-state index is 11.9. The lowest BCUT2D eigenvalue weighted by molar-refractivity contribution is -0.149. The molecule has 0 fully saturated rings. The first-order chi connectivity index (χ1) is 10.0. The third-order valence-corrected chi connectivity index (χ3v) is 3.63. The first-order valence-corrected chi connectivity index (χ1v) is 7.62. The molecule has 3 atom stereocenters. The molecular weight excluding hydrogens is 272 g/mol. The molecule has 120 valence electrons. The molecule has 0 aromatic rings. The van der Waals surface area contributed by atoms with Crippen LogP contribution >= 0.6 is 0 Å². The molecule has 1 rings (SSSR count). The Hall–Kier alpha value is -1.40. The third kappa shape index (κ3) is 7.24. The Kier molecular flexibility index (Phi) is 8.00. The van der Waals surface area contributed by atoms with Gasteiger partial charge >= 0.3 is 11.9 Å². The largest absolute Gasteiger partial charge is 0.480 e. The van der Waals surface area contributed by atoms with E-state index in [2.05, 4.69) is 6.08 Å². The summed E-state index contributed by atoms with van der Waals surface area (Å²) in [5.41, 5.74) is 11.2. The monoisotopic (exact) mass is 298 g/mol. The van der Waals surface area contributed by atoms with Crippen molar-refractivity contribution in [2.75, 3.05) is 0 Å². The molecule has 0 heterocycles. The normalized spacial score (nSPS) is 23.4. The van der Waals surface area contributed by atoms with Gasteiger partial charge in [0, 0.05) is 0 Å². The highest BCUT2D eigenvalue weighted by atomic mass is 16.5. The van der Waals surface area contributed by atoms with Crippen LogP contribution in [0.3, 0.4) is 0 Å². The first-order valence-electron chi connectivity index (χ1n) is 7.62. The predicted octanol–water partition coefficient (Wildman–Crippen LogP) is 1.33. The van der Waals surface area contributed by atoms with Gasteiger partial charge in [0.15, 0.2) is 0 Å². The van der Waals surface area contributed by atoms with E-state index in [-0.39, 0.29) is 6.10 Å². The average molecular weight is 298 g/mol. The number of carbonyl (C=O) groups is 2. The molecule has 0 aromatic carbocycles. The summed E-state index contributed by atoms with van der Waals surface area (Å²) < 4.78 is 5.40. The summed E-state index contributed by atoms with van der Waals surface area (Å²) in [4.78, 5) is 22.5. The van der Waals surface area contributed by atoms with Crippen LogP contribution in [0.2, 0.25) is 0 Å². The Bertz CT molecular complexity index is 371. The Morgan fingerprint density at radius 1 is 1.19 bits per heavy atom. The highest BCUT2D eigenvalue weighted by Crippen LogP contribution is 2.15. The van der Waals surface area contributed by atoms with Crippen LogP contribution in [-0.2, 0) is 14.3 Å².